The molecule has 1 aliphatic heterocycles. The highest BCUT2D eigenvalue weighted by atomic mass is 79.9. The first-order valence-electron chi connectivity index (χ1n) is 4.33. The summed E-state index contributed by atoms with van der Waals surface area (Å²) in [5.41, 5.74) is 6.24. The minimum absolute atomic E-state index is 0.0445. The fourth-order valence-electron chi connectivity index (χ4n) is 1.56. The molecular weight excluding hydrogens is 247 g/mol. The van der Waals surface area contributed by atoms with Crippen LogP contribution in [0.2, 0.25) is 0 Å². The van der Waals surface area contributed by atoms with E-state index in [0.29, 0.717) is 17.9 Å². The smallest absolute Gasteiger partial charge is 0.128 e. The van der Waals surface area contributed by atoms with Crippen LogP contribution >= 0.6 is 15.9 Å². The molecule has 2 nitrogen and oxygen atoms in total. The van der Waals surface area contributed by atoms with Crippen LogP contribution in [0.15, 0.2) is 34.6 Å². The van der Waals surface area contributed by atoms with E-state index in [2.05, 4.69) is 21.2 Å². The van der Waals surface area contributed by atoms with Crippen molar-refractivity contribution in [2.45, 2.75) is 5.92 Å². The molecule has 0 radical (unpaired) electrons. The molecule has 0 saturated carbocycles. The zero-order chi connectivity index (χ0) is 10.1. The Labute approximate surface area is 90.1 Å². The first kappa shape index (κ1) is 9.52. The monoisotopic (exact) mass is 256 g/mol. The van der Waals surface area contributed by atoms with Gasteiger partial charge in [-0.05, 0) is 23.8 Å². The predicted octanol–water partition coefficient (Wildman–Crippen LogP) is 2.08. The van der Waals surface area contributed by atoms with Crippen LogP contribution in [0.4, 0.5) is 4.39 Å². The van der Waals surface area contributed by atoms with E-state index in [4.69, 9.17) is 5.73 Å². The van der Waals surface area contributed by atoms with Gasteiger partial charge in [-0.15, -0.1) is 0 Å². The highest BCUT2D eigenvalue weighted by Gasteiger charge is 2.18. The molecule has 1 aromatic rings. The van der Waals surface area contributed by atoms with Gasteiger partial charge in [-0.2, -0.15) is 0 Å². The summed E-state index contributed by atoms with van der Waals surface area (Å²) in [6, 6.07) is 5.08. The van der Waals surface area contributed by atoms with Gasteiger partial charge < -0.3 is 11.1 Å². The lowest BCUT2D eigenvalue weighted by molar-refractivity contribution is 0.598. The second-order valence-corrected chi connectivity index (χ2v) is 4.19. The molecule has 1 aromatic carbocycles. The van der Waals surface area contributed by atoms with Crippen LogP contribution < -0.4 is 11.1 Å². The van der Waals surface area contributed by atoms with Gasteiger partial charge in [0.25, 0.3) is 0 Å². The van der Waals surface area contributed by atoms with E-state index >= 15 is 0 Å². The molecule has 1 atom stereocenters. The van der Waals surface area contributed by atoms with E-state index in [1.54, 1.807) is 6.07 Å². The molecule has 0 spiro atoms. The molecule has 1 aliphatic rings. The van der Waals surface area contributed by atoms with Crippen LogP contribution in [-0.2, 0) is 0 Å². The topological polar surface area (TPSA) is 38.0 Å². The van der Waals surface area contributed by atoms with Crippen molar-refractivity contribution in [3.8, 4) is 0 Å². The van der Waals surface area contributed by atoms with Gasteiger partial charge in [0, 0.05) is 16.9 Å². The maximum Gasteiger partial charge on any atom is 0.128 e. The molecule has 2 rings (SSSR count). The SMILES string of the molecule is NC1=CC(c2ccc(Br)cc2F)CN1. The Hall–Kier alpha value is -1.03. The lowest BCUT2D eigenvalue weighted by Crippen LogP contribution is -2.16. The molecule has 0 fully saturated rings. The van der Waals surface area contributed by atoms with Crippen molar-refractivity contribution in [3.05, 3.63) is 45.9 Å². The maximum absolute atomic E-state index is 13.5. The van der Waals surface area contributed by atoms with E-state index in [9.17, 15) is 4.39 Å². The Kier molecular flexibility index (Phi) is 2.46. The molecule has 74 valence electrons. The Morgan fingerprint density at radius 3 is 2.86 bits per heavy atom. The third-order valence-corrected chi connectivity index (χ3v) is 2.76. The lowest BCUT2D eigenvalue weighted by atomic mass is 10.0. The van der Waals surface area contributed by atoms with Gasteiger partial charge in [-0.3, -0.25) is 0 Å². The highest BCUT2D eigenvalue weighted by Crippen LogP contribution is 2.25. The van der Waals surface area contributed by atoms with Crippen molar-refractivity contribution < 1.29 is 4.39 Å². The number of benzene rings is 1. The van der Waals surface area contributed by atoms with Crippen molar-refractivity contribution >= 4 is 15.9 Å². The van der Waals surface area contributed by atoms with E-state index in [1.807, 2.05) is 12.1 Å². The number of halogens is 2. The Morgan fingerprint density at radius 1 is 1.50 bits per heavy atom. The summed E-state index contributed by atoms with van der Waals surface area (Å²) in [6.07, 6.45) is 1.84. The van der Waals surface area contributed by atoms with Crippen LogP contribution in [0.25, 0.3) is 0 Å². The largest absolute Gasteiger partial charge is 0.386 e. The average Bonchev–Trinajstić information content (AvgIpc) is 2.51. The van der Waals surface area contributed by atoms with Gasteiger partial charge in [-0.1, -0.05) is 22.0 Å². The zero-order valence-corrected chi connectivity index (χ0v) is 9.01. The van der Waals surface area contributed by atoms with E-state index in [0.717, 1.165) is 4.47 Å². The zero-order valence-electron chi connectivity index (χ0n) is 7.43. The van der Waals surface area contributed by atoms with Crippen molar-refractivity contribution in [1.29, 1.82) is 0 Å². The maximum atomic E-state index is 13.5. The minimum atomic E-state index is -0.197. The second kappa shape index (κ2) is 3.61. The molecule has 14 heavy (non-hydrogen) atoms. The molecule has 0 aliphatic carbocycles. The molecule has 1 heterocycles. The number of nitrogens with one attached hydrogen (secondary N) is 1. The van der Waals surface area contributed by atoms with Crippen LogP contribution in [0.3, 0.4) is 0 Å². The van der Waals surface area contributed by atoms with E-state index in [1.165, 1.54) is 6.07 Å². The summed E-state index contributed by atoms with van der Waals surface area (Å²) in [4.78, 5) is 0. The van der Waals surface area contributed by atoms with Crippen molar-refractivity contribution in [1.82, 2.24) is 5.32 Å². The third-order valence-electron chi connectivity index (χ3n) is 2.27. The molecule has 0 amide bonds. The van der Waals surface area contributed by atoms with Gasteiger partial charge in [0.05, 0.1) is 5.82 Å². The summed E-state index contributed by atoms with van der Waals surface area (Å²) in [7, 11) is 0. The van der Waals surface area contributed by atoms with Crippen LogP contribution in [-0.4, -0.2) is 6.54 Å². The molecule has 0 saturated heterocycles. The highest BCUT2D eigenvalue weighted by molar-refractivity contribution is 9.10. The summed E-state index contributed by atoms with van der Waals surface area (Å²) in [5.74, 6) is 0.470. The lowest BCUT2D eigenvalue weighted by Gasteiger charge is -2.08. The third kappa shape index (κ3) is 1.75. The Bertz CT molecular complexity index is 390. The standard InChI is InChI=1S/C10H10BrFN2/c11-7-1-2-8(9(12)4-7)6-3-10(13)14-5-6/h1-4,6,14H,5,13H2. The van der Waals surface area contributed by atoms with Gasteiger partial charge >= 0.3 is 0 Å². The molecule has 0 aromatic heterocycles. The van der Waals surface area contributed by atoms with E-state index < -0.39 is 0 Å². The van der Waals surface area contributed by atoms with Gasteiger partial charge in [-0.25, -0.2) is 4.39 Å². The minimum Gasteiger partial charge on any atom is -0.386 e. The Balaban J connectivity index is 2.33. The van der Waals surface area contributed by atoms with Crippen LogP contribution in [0, 0.1) is 5.82 Å². The number of rotatable bonds is 1. The van der Waals surface area contributed by atoms with Gasteiger partial charge in [0.1, 0.15) is 5.82 Å². The summed E-state index contributed by atoms with van der Waals surface area (Å²) >= 11 is 3.22. The first-order valence-corrected chi connectivity index (χ1v) is 5.12. The molecular formula is C10H10BrFN2. The molecule has 0 bridgehead atoms. The van der Waals surface area contributed by atoms with Crippen molar-refractivity contribution in [3.63, 3.8) is 0 Å². The Morgan fingerprint density at radius 2 is 2.29 bits per heavy atom. The number of hydrogen-bond donors (Lipinski definition) is 2. The molecule has 4 heteroatoms. The fraction of sp³-hybridized carbons (Fsp3) is 0.200. The number of nitrogens with two attached hydrogens (primary N) is 1. The fourth-order valence-corrected chi connectivity index (χ4v) is 1.90. The molecule has 3 N–H and O–H groups in total. The van der Waals surface area contributed by atoms with Gasteiger partial charge in [0.2, 0.25) is 0 Å². The normalized spacial score (nSPS) is 20.4. The average molecular weight is 257 g/mol. The summed E-state index contributed by atoms with van der Waals surface area (Å²) < 4.78 is 14.3. The van der Waals surface area contributed by atoms with E-state index in [-0.39, 0.29) is 11.7 Å². The predicted molar refractivity (Wildman–Crippen MR) is 57.1 cm³/mol. The summed E-state index contributed by atoms with van der Waals surface area (Å²) in [5, 5.41) is 2.97. The number of hydrogen-bond acceptors (Lipinski definition) is 2. The first-order chi connectivity index (χ1) is 6.66. The van der Waals surface area contributed by atoms with Crippen LogP contribution in [0.1, 0.15) is 11.5 Å². The van der Waals surface area contributed by atoms with Gasteiger partial charge in [0.15, 0.2) is 0 Å². The summed E-state index contributed by atoms with van der Waals surface area (Å²) in [6.45, 7) is 0.671. The molecule has 1 unspecified atom stereocenters. The quantitative estimate of drug-likeness (QED) is 0.808. The second-order valence-electron chi connectivity index (χ2n) is 3.28. The van der Waals surface area contributed by atoms with Crippen LogP contribution in [0.5, 0.6) is 0 Å². The van der Waals surface area contributed by atoms with Crippen molar-refractivity contribution in [2.24, 2.45) is 5.73 Å². The van der Waals surface area contributed by atoms with Crippen molar-refractivity contribution in [2.75, 3.05) is 6.54 Å².